The van der Waals surface area contributed by atoms with Crippen LogP contribution in [0.4, 0.5) is 10.5 Å². The molecule has 0 unspecified atom stereocenters. The van der Waals surface area contributed by atoms with Gasteiger partial charge in [-0.2, -0.15) is 0 Å². The van der Waals surface area contributed by atoms with Crippen LogP contribution < -0.4 is 20.7 Å². The number of urea groups is 1. The number of furan rings is 1. The van der Waals surface area contributed by atoms with Gasteiger partial charge >= 0.3 is 6.03 Å². The summed E-state index contributed by atoms with van der Waals surface area (Å²) in [6.45, 7) is 3.05. The second kappa shape index (κ2) is 9.58. The Morgan fingerprint density at radius 1 is 1.20 bits per heavy atom. The number of benzene rings is 1. The van der Waals surface area contributed by atoms with Crippen molar-refractivity contribution < 1.29 is 18.7 Å². The summed E-state index contributed by atoms with van der Waals surface area (Å²) in [5, 5.41) is 8.45. The van der Waals surface area contributed by atoms with Crippen LogP contribution in [0.3, 0.4) is 0 Å². The maximum absolute atomic E-state index is 12.0. The van der Waals surface area contributed by atoms with Crippen LogP contribution in [-0.4, -0.2) is 31.6 Å². The Morgan fingerprint density at radius 2 is 2.00 bits per heavy atom. The smallest absolute Gasteiger partial charge is 0.319 e. The number of halogens is 1. The quantitative estimate of drug-likeness (QED) is 0.626. The van der Waals surface area contributed by atoms with Crippen molar-refractivity contribution in [3.05, 3.63) is 47.4 Å². The predicted octanol–water partition coefficient (Wildman–Crippen LogP) is 3.27. The minimum Gasteiger partial charge on any atom is -0.491 e. The third-order valence-electron chi connectivity index (χ3n) is 3.09. The molecule has 0 saturated heterocycles. The fourth-order valence-electron chi connectivity index (χ4n) is 1.95. The molecule has 3 N–H and O–H groups in total. The summed E-state index contributed by atoms with van der Waals surface area (Å²) in [6.07, 6.45) is 2.27. The minimum absolute atomic E-state index is 0.223. The van der Waals surface area contributed by atoms with Crippen LogP contribution in [0.5, 0.6) is 5.75 Å². The molecule has 0 aliphatic carbocycles. The molecular formula is C17H20ClN3O4. The minimum atomic E-state index is -0.420. The summed E-state index contributed by atoms with van der Waals surface area (Å²) >= 11 is 5.96. The highest BCUT2D eigenvalue weighted by Crippen LogP contribution is 2.28. The Balaban J connectivity index is 1.78. The summed E-state index contributed by atoms with van der Waals surface area (Å²) < 4.78 is 10.5. The normalized spacial score (nSPS) is 10.2. The standard InChI is InChI=1S/C17H20ClN3O4/c1-2-9-24-14-6-5-12(18)11-13(14)21-17(23)20-8-7-19-16(22)15-4-3-10-25-15/h3-6,10-11H,2,7-9H2,1H3,(H,19,22)(H2,20,21,23). The maximum Gasteiger partial charge on any atom is 0.319 e. The highest BCUT2D eigenvalue weighted by atomic mass is 35.5. The van der Waals surface area contributed by atoms with Gasteiger partial charge in [-0.25, -0.2) is 4.79 Å². The van der Waals surface area contributed by atoms with Gasteiger partial charge in [0.1, 0.15) is 5.75 Å². The number of ether oxygens (including phenoxy) is 1. The van der Waals surface area contributed by atoms with Gasteiger partial charge in [-0.1, -0.05) is 18.5 Å². The molecule has 0 radical (unpaired) electrons. The van der Waals surface area contributed by atoms with E-state index in [2.05, 4.69) is 16.0 Å². The van der Waals surface area contributed by atoms with Gasteiger partial charge in [0, 0.05) is 18.1 Å². The van der Waals surface area contributed by atoms with Crippen molar-refractivity contribution in [1.82, 2.24) is 10.6 Å². The number of nitrogens with one attached hydrogen (secondary N) is 3. The highest BCUT2D eigenvalue weighted by molar-refractivity contribution is 6.31. The van der Waals surface area contributed by atoms with E-state index in [1.165, 1.54) is 6.26 Å². The number of hydrogen-bond acceptors (Lipinski definition) is 4. The van der Waals surface area contributed by atoms with E-state index < -0.39 is 6.03 Å². The molecule has 2 aromatic rings. The Labute approximate surface area is 150 Å². The highest BCUT2D eigenvalue weighted by Gasteiger charge is 2.10. The van der Waals surface area contributed by atoms with Crippen molar-refractivity contribution in [1.29, 1.82) is 0 Å². The summed E-state index contributed by atoms with van der Waals surface area (Å²) in [4.78, 5) is 23.6. The van der Waals surface area contributed by atoms with Gasteiger partial charge in [-0.3, -0.25) is 4.79 Å². The van der Waals surface area contributed by atoms with Crippen LogP contribution in [0.25, 0.3) is 0 Å². The van der Waals surface area contributed by atoms with Crippen molar-refractivity contribution in [2.45, 2.75) is 13.3 Å². The van der Waals surface area contributed by atoms with Crippen molar-refractivity contribution in [3.63, 3.8) is 0 Å². The second-order valence-corrected chi connectivity index (χ2v) is 5.54. The molecule has 25 heavy (non-hydrogen) atoms. The van der Waals surface area contributed by atoms with Crippen molar-refractivity contribution in [2.24, 2.45) is 0 Å². The van der Waals surface area contributed by atoms with Gasteiger partial charge in [0.25, 0.3) is 5.91 Å². The van der Waals surface area contributed by atoms with Crippen LogP contribution in [0.1, 0.15) is 23.9 Å². The fraction of sp³-hybridized carbons (Fsp3) is 0.294. The van der Waals surface area contributed by atoms with Crippen molar-refractivity contribution in [3.8, 4) is 5.75 Å². The Hall–Kier alpha value is -2.67. The number of carbonyl (C=O) groups is 2. The van der Waals surface area contributed by atoms with E-state index in [1.807, 2.05) is 6.92 Å². The lowest BCUT2D eigenvalue weighted by atomic mass is 10.3. The molecule has 0 fully saturated rings. The lowest BCUT2D eigenvalue weighted by Crippen LogP contribution is -2.36. The van der Waals surface area contributed by atoms with E-state index in [0.29, 0.717) is 23.1 Å². The summed E-state index contributed by atoms with van der Waals surface area (Å²) in [6, 6.07) is 7.79. The van der Waals surface area contributed by atoms with E-state index in [0.717, 1.165) is 6.42 Å². The van der Waals surface area contributed by atoms with Crippen LogP contribution in [0.15, 0.2) is 41.0 Å². The van der Waals surface area contributed by atoms with Gasteiger partial charge in [0.15, 0.2) is 5.76 Å². The summed E-state index contributed by atoms with van der Waals surface area (Å²) in [7, 11) is 0. The van der Waals surface area contributed by atoms with Crippen LogP contribution in [0.2, 0.25) is 5.02 Å². The van der Waals surface area contributed by atoms with Crippen LogP contribution in [-0.2, 0) is 0 Å². The fourth-order valence-corrected chi connectivity index (χ4v) is 2.12. The molecular weight excluding hydrogens is 346 g/mol. The van der Waals surface area contributed by atoms with Crippen molar-refractivity contribution in [2.75, 3.05) is 25.0 Å². The molecule has 0 saturated carbocycles. The molecule has 1 heterocycles. The molecule has 0 aliphatic heterocycles. The van der Waals surface area contributed by atoms with Crippen LogP contribution in [0, 0.1) is 0 Å². The molecule has 0 bridgehead atoms. The third-order valence-corrected chi connectivity index (χ3v) is 3.33. The van der Waals surface area contributed by atoms with Crippen LogP contribution >= 0.6 is 11.6 Å². The van der Waals surface area contributed by atoms with Crippen molar-refractivity contribution >= 4 is 29.2 Å². The first-order valence-electron chi connectivity index (χ1n) is 7.89. The van der Waals surface area contributed by atoms with Gasteiger partial charge in [0.2, 0.25) is 0 Å². The molecule has 2 rings (SSSR count). The number of anilines is 1. The van der Waals surface area contributed by atoms with E-state index in [1.54, 1.807) is 30.3 Å². The average molecular weight is 366 g/mol. The number of amides is 3. The lowest BCUT2D eigenvalue weighted by Gasteiger charge is -2.13. The summed E-state index contributed by atoms with van der Waals surface area (Å²) in [5.74, 6) is 0.436. The number of carbonyl (C=O) groups excluding carboxylic acids is 2. The topological polar surface area (TPSA) is 92.6 Å². The Morgan fingerprint density at radius 3 is 2.72 bits per heavy atom. The van der Waals surface area contributed by atoms with E-state index in [9.17, 15) is 9.59 Å². The van der Waals surface area contributed by atoms with Gasteiger partial charge < -0.3 is 25.1 Å². The van der Waals surface area contributed by atoms with Gasteiger partial charge in [0.05, 0.1) is 18.6 Å². The first-order valence-corrected chi connectivity index (χ1v) is 8.27. The second-order valence-electron chi connectivity index (χ2n) is 5.10. The molecule has 8 heteroatoms. The summed E-state index contributed by atoms with van der Waals surface area (Å²) in [5.41, 5.74) is 0.484. The van der Waals surface area contributed by atoms with E-state index in [-0.39, 0.29) is 24.8 Å². The molecule has 0 aliphatic rings. The molecule has 7 nitrogen and oxygen atoms in total. The van der Waals surface area contributed by atoms with E-state index in [4.69, 9.17) is 20.8 Å². The van der Waals surface area contributed by atoms with Gasteiger partial charge in [-0.15, -0.1) is 0 Å². The SMILES string of the molecule is CCCOc1ccc(Cl)cc1NC(=O)NCCNC(=O)c1ccco1. The third kappa shape index (κ3) is 6.04. The largest absolute Gasteiger partial charge is 0.491 e. The first kappa shape index (κ1) is 18.7. The number of hydrogen-bond donors (Lipinski definition) is 3. The number of rotatable bonds is 8. The molecule has 1 aromatic heterocycles. The average Bonchev–Trinajstić information content (AvgIpc) is 3.12. The molecule has 134 valence electrons. The molecule has 0 spiro atoms. The molecule has 0 atom stereocenters. The monoisotopic (exact) mass is 365 g/mol. The van der Waals surface area contributed by atoms with Gasteiger partial charge in [-0.05, 0) is 36.8 Å². The predicted molar refractivity (Wildman–Crippen MR) is 95.3 cm³/mol. The first-order chi connectivity index (χ1) is 12.1. The molecule has 3 amide bonds. The van der Waals surface area contributed by atoms with E-state index >= 15 is 0 Å². The maximum atomic E-state index is 12.0. The Kier molecular flexibility index (Phi) is 7.16. The zero-order chi connectivity index (χ0) is 18.1. The zero-order valence-electron chi connectivity index (χ0n) is 13.8. The lowest BCUT2D eigenvalue weighted by molar-refractivity contribution is 0.0926. The zero-order valence-corrected chi connectivity index (χ0v) is 14.6. The Bertz CT molecular complexity index is 704. The molecule has 1 aromatic carbocycles.